The van der Waals surface area contributed by atoms with Crippen molar-refractivity contribution in [3.05, 3.63) is 0 Å². The van der Waals surface area contributed by atoms with Crippen LogP contribution in [0.15, 0.2) is 0 Å². The minimum absolute atomic E-state index is 0.831. The number of hydrogen-bond acceptors (Lipinski definition) is 1. The largest absolute Gasteiger partial charge is 0.420 e. The first kappa shape index (κ1) is 12.2. The lowest BCUT2D eigenvalue weighted by Crippen LogP contribution is -2.31. The van der Waals surface area contributed by atoms with Crippen molar-refractivity contribution in [3.63, 3.8) is 0 Å². The molecule has 1 rings (SSSR count). The lowest BCUT2D eigenvalue weighted by molar-refractivity contribution is 0.269. The van der Waals surface area contributed by atoms with Gasteiger partial charge in [-0.15, -0.1) is 0 Å². The summed E-state index contributed by atoms with van der Waals surface area (Å²) in [5.74, 6) is 0.844. The van der Waals surface area contributed by atoms with Crippen molar-refractivity contribution >= 4 is 9.04 Å². The maximum Gasteiger partial charge on any atom is 0.180 e. The summed E-state index contributed by atoms with van der Waals surface area (Å²) >= 11 is 0. The van der Waals surface area contributed by atoms with Gasteiger partial charge in [-0.3, -0.25) is 0 Å². The molecule has 0 spiro atoms. The molecule has 0 aromatic heterocycles. The first-order valence-corrected chi connectivity index (χ1v) is 8.32. The van der Waals surface area contributed by atoms with Gasteiger partial charge in [0.25, 0.3) is 0 Å². The highest BCUT2D eigenvalue weighted by Crippen LogP contribution is 2.32. The highest BCUT2D eigenvalue weighted by Gasteiger charge is 2.28. The first-order chi connectivity index (χ1) is 6.75. The van der Waals surface area contributed by atoms with Crippen LogP contribution >= 0.6 is 0 Å². The van der Waals surface area contributed by atoms with E-state index in [2.05, 4.69) is 20.8 Å². The van der Waals surface area contributed by atoms with Crippen LogP contribution in [0.1, 0.15) is 52.9 Å². The molecular formula is C12H26OSi. The summed E-state index contributed by atoms with van der Waals surface area (Å²) in [6.45, 7) is 8.11. The molecule has 1 aliphatic heterocycles. The van der Waals surface area contributed by atoms with E-state index in [-0.39, 0.29) is 0 Å². The van der Waals surface area contributed by atoms with E-state index in [1.54, 1.807) is 0 Å². The second kappa shape index (κ2) is 6.62. The second-order valence-electron chi connectivity index (χ2n) is 4.96. The lowest BCUT2D eigenvalue weighted by Gasteiger charge is -2.31. The lowest BCUT2D eigenvalue weighted by atomic mass is 10.0. The highest BCUT2D eigenvalue weighted by atomic mass is 28.3. The van der Waals surface area contributed by atoms with Crippen LogP contribution in [-0.4, -0.2) is 15.6 Å². The molecule has 0 radical (unpaired) electrons. The van der Waals surface area contributed by atoms with E-state index in [1.165, 1.54) is 38.1 Å². The van der Waals surface area contributed by atoms with Gasteiger partial charge in [-0.25, -0.2) is 0 Å². The summed E-state index contributed by atoms with van der Waals surface area (Å²) in [4.78, 5) is 0. The third-order valence-corrected chi connectivity index (χ3v) is 7.14. The van der Waals surface area contributed by atoms with Gasteiger partial charge in [-0.1, -0.05) is 46.5 Å². The molecule has 1 saturated heterocycles. The fourth-order valence-corrected chi connectivity index (χ4v) is 5.96. The fourth-order valence-electron chi connectivity index (χ4n) is 2.49. The normalized spacial score (nSPS) is 25.3. The molecular weight excluding hydrogens is 188 g/mol. The van der Waals surface area contributed by atoms with Crippen LogP contribution in [0.25, 0.3) is 0 Å². The van der Waals surface area contributed by atoms with Crippen LogP contribution in [0, 0.1) is 5.92 Å². The van der Waals surface area contributed by atoms with Gasteiger partial charge < -0.3 is 4.43 Å². The van der Waals surface area contributed by atoms with Crippen LogP contribution < -0.4 is 0 Å². The van der Waals surface area contributed by atoms with Crippen LogP contribution in [-0.2, 0) is 4.43 Å². The summed E-state index contributed by atoms with van der Waals surface area (Å²) in [7, 11) is -0.831. The Morgan fingerprint density at radius 3 is 2.57 bits per heavy atom. The molecule has 1 nitrogen and oxygen atoms in total. The zero-order valence-electron chi connectivity index (χ0n) is 10.1. The molecule has 14 heavy (non-hydrogen) atoms. The molecule has 0 saturated carbocycles. The summed E-state index contributed by atoms with van der Waals surface area (Å²) in [5, 5.41) is 0. The van der Waals surface area contributed by atoms with Crippen LogP contribution in [0.2, 0.25) is 11.6 Å². The molecule has 0 bridgehead atoms. The van der Waals surface area contributed by atoms with Gasteiger partial charge in [0.2, 0.25) is 0 Å². The molecule has 2 unspecified atom stereocenters. The smallest absolute Gasteiger partial charge is 0.180 e. The maximum atomic E-state index is 6.04. The van der Waals surface area contributed by atoms with Crippen molar-refractivity contribution in [2.75, 3.05) is 6.61 Å². The van der Waals surface area contributed by atoms with Gasteiger partial charge in [0, 0.05) is 6.61 Å². The number of unbranched alkanes of at least 4 members (excludes halogenated alkanes) is 1. The summed E-state index contributed by atoms with van der Waals surface area (Å²) < 4.78 is 6.04. The van der Waals surface area contributed by atoms with E-state index < -0.39 is 9.04 Å². The van der Waals surface area contributed by atoms with Crippen molar-refractivity contribution in [2.24, 2.45) is 5.92 Å². The van der Waals surface area contributed by atoms with Crippen LogP contribution in [0.3, 0.4) is 0 Å². The van der Waals surface area contributed by atoms with E-state index in [1.807, 2.05) is 0 Å². The third-order valence-electron chi connectivity index (χ3n) is 3.44. The average molecular weight is 214 g/mol. The van der Waals surface area contributed by atoms with E-state index >= 15 is 0 Å². The third kappa shape index (κ3) is 3.74. The molecule has 84 valence electrons. The minimum Gasteiger partial charge on any atom is -0.420 e. The fraction of sp³-hybridized carbons (Fsp3) is 1.00. The zero-order chi connectivity index (χ0) is 10.4. The molecule has 2 heteroatoms. The number of hydrogen-bond donors (Lipinski definition) is 0. The van der Waals surface area contributed by atoms with Crippen molar-refractivity contribution in [1.82, 2.24) is 0 Å². The van der Waals surface area contributed by atoms with E-state index in [0.717, 1.165) is 18.1 Å². The number of rotatable bonds is 5. The van der Waals surface area contributed by atoms with E-state index in [0.29, 0.717) is 0 Å². The highest BCUT2D eigenvalue weighted by molar-refractivity contribution is 6.53. The Morgan fingerprint density at radius 2 is 2.07 bits per heavy atom. The minimum atomic E-state index is -0.831. The van der Waals surface area contributed by atoms with Crippen LogP contribution in [0.5, 0.6) is 0 Å². The van der Waals surface area contributed by atoms with E-state index in [4.69, 9.17) is 4.43 Å². The zero-order valence-corrected chi connectivity index (χ0v) is 11.2. The Balaban J connectivity index is 2.39. The summed E-state index contributed by atoms with van der Waals surface area (Å²) in [5.41, 5.74) is 0.940. The monoisotopic (exact) mass is 214 g/mol. The maximum absolute atomic E-state index is 6.04. The second-order valence-corrected chi connectivity index (χ2v) is 7.80. The van der Waals surface area contributed by atoms with Crippen molar-refractivity contribution in [3.8, 4) is 0 Å². The molecule has 0 aromatic rings. The first-order valence-electron chi connectivity index (χ1n) is 6.37. The Kier molecular flexibility index (Phi) is 5.79. The van der Waals surface area contributed by atoms with Crippen LogP contribution in [0.4, 0.5) is 0 Å². The molecule has 2 atom stereocenters. The summed E-state index contributed by atoms with van der Waals surface area (Å²) in [6.07, 6.45) is 6.90. The molecule has 0 aliphatic carbocycles. The average Bonchev–Trinajstić information content (AvgIpc) is 2.19. The van der Waals surface area contributed by atoms with Crippen molar-refractivity contribution < 1.29 is 4.43 Å². The SMILES string of the molecule is CCCCC(C(C)C)[SiH]1CCCCO1. The Bertz CT molecular complexity index is 141. The topological polar surface area (TPSA) is 9.23 Å². The van der Waals surface area contributed by atoms with Gasteiger partial charge in [0.1, 0.15) is 0 Å². The predicted octanol–water partition coefficient (Wildman–Crippen LogP) is 3.74. The molecule has 0 amide bonds. The predicted molar refractivity (Wildman–Crippen MR) is 65.3 cm³/mol. The molecule has 1 heterocycles. The van der Waals surface area contributed by atoms with Gasteiger partial charge in [0.05, 0.1) is 0 Å². The van der Waals surface area contributed by atoms with Gasteiger partial charge in [-0.2, -0.15) is 0 Å². The molecule has 0 aromatic carbocycles. The van der Waals surface area contributed by atoms with Crippen molar-refractivity contribution in [2.45, 2.75) is 64.5 Å². The Morgan fingerprint density at radius 1 is 1.29 bits per heavy atom. The standard InChI is InChI=1S/C12H26OSi/c1-4-5-8-12(11(2)3)14-10-7-6-9-13-14/h11-12,14H,4-10H2,1-3H3. The molecule has 1 aliphatic rings. The quantitative estimate of drug-likeness (QED) is 0.634. The molecule has 0 N–H and O–H groups in total. The summed E-state index contributed by atoms with van der Waals surface area (Å²) in [6, 6.07) is 1.44. The van der Waals surface area contributed by atoms with Gasteiger partial charge in [-0.05, 0) is 23.9 Å². The van der Waals surface area contributed by atoms with Gasteiger partial charge in [0.15, 0.2) is 9.04 Å². The van der Waals surface area contributed by atoms with E-state index in [9.17, 15) is 0 Å². The van der Waals surface area contributed by atoms with Gasteiger partial charge >= 0.3 is 0 Å². The Labute approximate surface area is 91.0 Å². The Hall–Kier alpha value is 0.177. The van der Waals surface area contributed by atoms with Crippen molar-refractivity contribution in [1.29, 1.82) is 0 Å². The molecule has 1 fully saturated rings.